The topological polar surface area (TPSA) is 39.4 Å². The number of ether oxygens (including phenoxy) is 1. The molecule has 0 unspecified atom stereocenters. The minimum atomic E-state index is -0.376. The van der Waals surface area contributed by atoms with Gasteiger partial charge in [-0.25, -0.2) is 4.79 Å². The first-order valence-electron chi connectivity index (χ1n) is 7.27. The first-order valence-corrected chi connectivity index (χ1v) is 8.15. The second kappa shape index (κ2) is 5.25. The van der Waals surface area contributed by atoms with Gasteiger partial charge in [0.1, 0.15) is 16.9 Å². The normalized spacial score (nSPS) is 11.2. The number of hydrogen-bond donors (Lipinski definition) is 0. The number of thiophene rings is 1. The van der Waals surface area contributed by atoms with Gasteiger partial charge in [-0.3, -0.25) is 0 Å². The summed E-state index contributed by atoms with van der Waals surface area (Å²) in [5.74, 6) is 0.425. The van der Waals surface area contributed by atoms with Crippen molar-refractivity contribution in [2.75, 3.05) is 7.11 Å². The molecule has 0 aliphatic rings. The number of hydrogen-bond acceptors (Lipinski definition) is 4. The van der Waals surface area contributed by atoms with E-state index < -0.39 is 0 Å². The molecule has 0 saturated heterocycles. The van der Waals surface area contributed by atoms with Gasteiger partial charge in [-0.15, -0.1) is 11.3 Å². The van der Waals surface area contributed by atoms with Gasteiger partial charge in [-0.1, -0.05) is 30.3 Å². The third kappa shape index (κ3) is 2.06. The molecule has 23 heavy (non-hydrogen) atoms. The van der Waals surface area contributed by atoms with E-state index >= 15 is 0 Å². The third-order valence-electron chi connectivity index (χ3n) is 4.04. The summed E-state index contributed by atoms with van der Waals surface area (Å²) in [7, 11) is 1.39. The number of carbonyl (C=O) groups excluding carboxylic acids is 1. The highest BCUT2D eigenvalue weighted by molar-refractivity contribution is 7.17. The lowest BCUT2D eigenvalue weighted by molar-refractivity contribution is 0.0602. The minimum Gasteiger partial charge on any atom is -0.465 e. The zero-order valence-corrected chi connectivity index (χ0v) is 13.6. The molecule has 0 amide bonds. The number of aryl methyl sites for hydroxylation is 1. The summed E-state index contributed by atoms with van der Waals surface area (Å²) < 4.78 is 12.0. The van der Waals surface area contributed by atoms with Crippen LogP contribution < -0.4 is 0 Å². The Balaban J connectivity index is 2.18. The number of rotatable bonds is 2. The second-order valence-electron chi connectivity index (χ2n) is 5.35. The maximum absolute atomic E-state index is 12.2. The van der Waals surface area contributed by atoms with Crippen molar-refractivity contribution in [2.45, 2.75) is 6.92 Å². The molecule has 0 radical (unpaired) electrons. The lowest BCUT2D eigenvalue weighted by Crippen LogP contribution is -2.01. The van der Waals surface area contributed by atoms with Crippen molar-refractivity contribution in [3.05, 3.63) is 59.2 Å². The number of furan rings is 1. The largest absolute Gasteiger partial charge is 0.465 e. The Morgan fingerprint density at radius 3 is 2.70 bits per heavy atom. The van der Waals surface area contributed by atoms with Crippen LogP contribution in [0, 0.1) is 6.92 Å². The van der Waals surface area contributed by atoms with Crippen LogP contribution in [0.25, 0.3) is 32.2 Å². The summed E-state index contributed by atoms with van der Waals surface area (Å²) in [4.78, 5) is 12.2. The molecule has 0 bridgehead atoms. The molecular weight excluding hydrogens is 308 g/mol. The maximum Gasteiger partial charge on any atom is 0.341 e. The summed E-state index contributed by atoms with van der Waals surface area (Å²) in [5.41, 5.74) is 3.19. The number of carbonyl (C=O) groups is 1. The van der Waals surface area contributed by atoms with Gasteiger partial charge in [-0.2, -0.15) is 0 Å². The summed E-state index contributed by atoms with van der Waals surface area (Å²) in [6, 6.07) is 14.0. The molecule has 0 atom stereocenters. The van der Waals surface area contributed by atoms with E-state index in [1.165, 1.54) is 7.11 Å². The van der Waals surface area contributed by atoms with Crippen LogP contribution in [0.1, 0.15) is 16.1 Å². The van der Waals surface area contributed by atoms with Gasteiger partial charge in [0, 0.05) is 21.0 Å². The molecule has 4 heteroatoms. The molecule has 0 aliphatic carbocycles. The Hall–Kier alpha value is -2.59. The Morgan fingerprint density at radius 1 is 1.17 bits per heavy atom. The highest BCUT2D eigenvalue weighted by Gasteiger charge is 2.22. The Bertz CT molecular complexity index is 1030. The van der Waals surface area contributed by atoms with E-state index in [-0.39, 0.29) is 5.97 Å². The molecule has 0 aliphatic heterocycles. The predicted octanol–water partition coefficient (Wildman–Crippen LogP) is 5.41. The van der Waals surface area contributed by atoms with Crippen LogP contribution >= 0.6 is 11.3 Å². The molecule has 4 aromatic rings. The van der Waals surface area contributed by atoms with Gasteiger partial charge in [0.2, 0.25) is 0 Å². The molecule has 2 aromatic heterocycles. The monoisotopic (exact) mass is 322 g/mol. The van der Waals surface area contributed by atoms with E-state index in [2.05, 4.69) is 18.2 Å². The summed E-state index contributed by atoms with van der Waals surface area (Å²) in [5, 5.41) is 4.11. The van der Waals surface area contributed by atoms with Crippen LogP contribution in [0.2, 0.25) is 0 Å². The average molecular weight is 322 g/mol. The van der Waals surface area contributed by atoms with Crippen molar-refractivity contribution in [3.8, 4) is 11.1 Å². The zero-order chi connectivity index (χ0) is 16.0. The summed E-state index contributed by atoms with van der Waals surface area (Å²) in [6.07, 6.45) is 0. The van der Waals surface area contributed by atoms with Gasteiger partial charge in [0.25, 0.3) is 0 Å². The molecule has 0 fully saturated rings. The number of benzene rings is 2. The lowest BCUT2D eigenvalue weighted by atomic mass is 9.98. The van der Waals surface area contributed by atoms with Crippen LogP contribution in [0.3, 0.4) is 0 Å². The van der Waals surface area contributed by atoms with Crippen molar-refractivity contribution in [1.82, 2.24) is 0 Å². The molecule has 0 spiro atoms. The predicted molar refractivity (Wildman–Crippen MR) is 93.1 cm³/mol. The number of fused-ring (bicyclic) bond motifs is 3. The van der Waals surface area contributed by atoms with E-state index in [4.69, 9.17) is 9.15 Å². The summed E-state index contributed by atoms with van der Waals surface area (Å²) in [6.45, 7) is 1.93. The van der Waals surface area contributed by atoms with Crippen LogP contribution in [-0.4, -0.2) is 13.1 Å². The smallest absolute Gasteiger partial charge is 0.341 e. The van der Waals surface area contributed by atoms with Crippen molar-refractivity contribution in [2.24, 2.45) is 0 Å². The van der Waals surface area contributed by atoms with E-state index in [9.17, 15) is 4.79 Å². The van der Waals surface area contributed by atoms with Crippen molar-refractivity contribution >= 4 is 38.4 Å². The van der Waals surface area contributed by atoms with Gasteiger partial charge in [0.15, 0.2) is 0 Å². The van der Waals surface area contributed by atoms with Crippen molar-refractivity contribution in [1.29, 1.82) is 0 Å². The highest BCUT2D eigenvalue weighted by Crippen LogP contribution is 2.42. The van der Waals surface area contributed by atoms with Crippen LogP contribution in [-0.2, 0) is 4.74 Å². The molecule has 2 aromatic carbocycles. The molecule has 3 nitrogen and oxygen atoms in total. The molecule has 2 heterocycles. The number of methoxy groups -OCH3 is 1. The fourth-order valence-electron chi connectivity index (χ4n) is 3.04. The van der Waals surface area contributed by atoms with Crippen LogP contribution in [0.5, 0.6) is 0 Å². The highest BCUT2D eigenvalue weighted by atomic mass is 32.1. The van der Waals surface area contributed by atoms with E-state index in [1.807, 2.05) is 36.6 Å². The molecule has 114 valence electrons. The summed E-state index contributed by atoms with van der Waals surface area (Å²) >= 11 is 1.61. The average Bonchev–Trinajstić information content (AvgIpc) is 3.17. The zero-order valence-electron chi connectivity index (χ0n) is 12.8. The van der Waals surface area contributed by atoms with E-state index in [1.54, 1.807) is 11.3 Å². The quantitative estimate of drug-likeness (QED) is 0.463. The van der Waals surface area contributed by atoms with Gasteiger partial charge in [-0.05, 0) is 30.0 Å². The first-order chi connectivity index (χ1) is 11.2. The molecule has 4 rings (SSSR count). The molecule has 0 N–H and O–H groups in total. The molecular formula is C19H14O3S. The van der Waals surface area contributed by atoms with E-state index in [0.29, 0.717) is 11.1 Å². The SMILES string of the molecule is COC(=O)c1cc2sccc2c2c(-c3ccccc3)c(C)oc12. The lowest BCUT2D eigenvalue weighted by Gasteiger charge is -2.04. The van der Waals surface area contributed by atoms with E-state index in [0.717, 1.165) is 32.4 Å². The van der Waals surface area contributed by atoms with Gasteiger partial charge in [0.05, 0.1) is 7.11 Å². The third-order valence-corrected chi connectivity index (χ3v) is 4.90. The van der Waals surface area contributed by atoms with Gasteiger partial charge >= 0.3 is 5.97 Å². The van der Waals surface area contributed by atoms with Crippen molar-refractivity contribution in [3.63, 3.8) is 0 Å². The van der Waals surface area contributed by atoms with Crippen LogP contribution in [0.15, 0.2) is 52.3 Å². The van der Waals surface area contributed by atoms with Crippen LogP contribution in [0.4, 0.5) is 0 Å². The Morgan fingerprint density at radius 2 is 1.96 bits per heavy atom. The minimum absolute atomic E-state index is 0.376. The second-order valence-corrected chi connectivity index (χ2v) is 6.30. The fourth-order valence-corrected chi connectivity index (χ4v) is 3.87. The van der Waals surface area contributed by atoms with Gasteiger partial charge < -0.3 is 9.15 Å². The fraction of sp³-hybridized carbons (Fsp3) is 0.105. The Labute approximate surface area is 137 Å². The Kier molecular flexibility index (Phi) is 3.20. The van der Waals surface area contributed by atoms with Crippen molar-refractivity contribution < 1.29 is 13.9 Å². The first kappa shape index (κ1) is 14.0. The standard InChI is InChI=1S/C19H14O3S/c1-11-16(12-6-4-3-5-7-12)17-13-8-9-23-15(13)10-14(18(17)22-11)19(20)21-2/h3-10H,1-2H3. The number of esters is 1. The maximum atomic E-state index is 12.2. The molecule has 0 saturated carbocycles.